The van der Waals surface area contributed by atoms with Crippen LogP contribution in [0.15, 0.2) is 30.3 Å². The Morgan fingerprint density at radius 1 is 1.26 bits per heavy atom. The predicted octanol–water partition coefficient (Wildman–Crippen LogP) is 1.24. The van der Waals surface area contributed by atoms with Gasteiger partial charge in [-0.3, -0.25) is 9.69 Å². The lowest BCUT2D eigenvalue weighted by Gasteiger charge is -2.23. The van der Waals surface area contributed by atoms with Crippen LogP contribution < -0.4 is 4.90 Å². The van der Waals surface area contributed by atoms with Gasteiger partial charge < -0.3 is 10.0 Å². The van der Waals surface area contributed by atoms with Crippen LogP contribution in [-0.2, 0) is 9.59 Å². The Morgan fingerprint density at radius 2 is 1.95 bits per heavy atom. The molecule has 98 valence electrons. The van der Waals surface area contributed by atoms with Gasteiger partial charge in [-0.25, -0.2) is 4.79 Å². The first kappa shape index (κ1) is 12.1. The quantitative estimate of drug-likeness (QED) is 0.823. The number of benzene rings is 1. The van der Waals surface area contributed by atoms with Gasteiger partial charge in [-0.2, -0.15) is 0 Å². The van der Waals surface area contributed by atoms with Crippen LogP contribution in [0.25, 0.3) is 0 Å². The molecule has 0 bridgehead atoms. The zero-order valence-electron chi connectivity index (χ0n) is 10.0. The summed E-state index contributed by atoms with van der Waals surface area (Å²) in [5, 5.41) is 9.49. The predicted molar refractivity (Wildman–Crippen MR) is 72.8 cm³/mol. The number of rotatable bonds is 2. The van der Waals surface area contributed by atoms with E-state index in [0.717, 1.165) is 0 Å². The van der Waals surface area contributed by atoms with Gasteiger partial charge in [-0.1, -0.05) is 18.2 Å². The second-order valence-corrected chi connectivity index (χ2v) is 5.01. The second kappa shape index (κ2) is 4.31. The van der Waals surface area contributed by atoms with Crippen molar-refractivity contribution in [2.24, 2.45) is 0 Å². The van der Waals surface area contributed by atoms with Crippen LogP contribution in [0.1, 0.15) is 12.8 Å². The summed E-state index contributed by atoms with van der Waals surface area (Å²) in [5.74, 6) is -1.05. The molecule has 0 radical (unpaired) electrons. The highest BCUT2D eigenvalue weighted by atomic mass is 32.1. The van der Waals surface area contributed by atoms with Gasteiger partial charge in [-0.15, -0.1) is 0 Å². The first-order chi connectivity index (χ1) is 9.11. The topological polar surface area (TPSA) is 60.9 Å². The van der Waals surface area contributed by atoms with E-state index in [-0.39, 0.29) is 5.91 Å². The van der Waals surface area contributed by atoms with E-state index in [9.17, 15) is 14.7 Å². The lowest BCUT2D eigenvalue weighted by Crippen LogP contribution is -2.42. The summed E-state index contributed by atoms with van der Waals surface area (Å²) >= 11 is 5.30. The number of thiocarbonyl (C=S) groups is 1. The molecular formula is C13H12N2O3S. The van der Waals surface area contributed by atoms with Crippen molar-refractivity contribution in [1.82, 2.24) is 4.90 Å². The molecule has 3 rings (SSSR count). The van der Waals surface area contributed by atoms with Crippen LogP contribution >= 0.6 is 12.2 Å². The molecule has 2 fully saturated rings. The zero-order chi connectivity index (χ0) is 13.6. The van der Waals surface area contributed by atoms with Crippen LogP contribution in [0.2, 0.25) is 0 Å². The second-order valence-electron chi connectivity index (χ2n) is 4.65. The van der Waals surface area contributed by atoms with Crippen molar-refractivity contribution in [2.45, 2.75) is 24.9 Å². The largest absolute Gasteiger partial charge is 0.480 e. The number of fused-ring (bicyclic) bond motifs is 1. The number of anilines is 1. The fraction of sp³-hybridized carbons (Fsp3) is 0.308. The Labute approximate surface area is 115 Å². The van der Waals surface area contributed by atoms with Gasteiger partial charge >= 0.3 is 5.97 Å². The molecule has 2 aliphatic heterocycles. The third-order valence-corrected chi connectivity index (χ3v) is 4.00. The highest BCUT2D eigenvalue weighted by molar-refractivity contribution is 7.80. The van der Waals surface area contributed by atoms with Crippen LogP contribution in [0.4, 0.5) is 5.69 Å². The van der Waals surface area contributed by atoms with Gasteiger partial charge in [0, 0.05) is 0 Å². The molecule has 2 aliphatic rings. The van der Waals surface area contributed by atoms with Crippen molar-refractivity contribution in [2.75, 3.05) is 4.90 Å². The molecule has 2 heterocycles. The average molecular weight is 276 g/mol. The summed E-state index contributed by atoms with van der Waals surface area (Å²) in [6.45, 7) is 0. The molecule has 0 spiro atoms. The maximum absolute atomic E-state index is 12.4. The fourth-order valence-electron chi connectivity index (χ4n) is 2.74. The number of nitrogens with zero attached hydrogens (tertiary/aromatic N) is 2. The SMILES string of the molecule is O=C(O)C1CCC2C(=O)N(c3ccccc3)C(=S)N12. The molecule has 2 atom stereocenters. The van der Waals surface area contributed by atoms with Crippen molar-refractivity contribution in [3.63, 3.8) is 0 Å². The van der Waals surface area contributed by atoms with E-state index >= 15 is 0 Å². The molecule has 1 aromatic rings. The van der Waals surface area contributed by atoms with E-state index in [2.05, 4.69) is 0 Å². The lowest BCUT2D eigenvalue weighted by atomic mass is 10.1. The third-order valence-electron chi connectivity index (χ3n) is 3.60. The maximum atomic E-state index is 12.4. The Hall–Kier alpha value is -1.95. The maximum Gasteiger partial charge on any atom is 0.326 e. The third kappa shape index (κ3) is 1.71. The number of carboxylic acid groups (broad SMARTS) is 1. The van der Waals surface area contributed by atoms with Gasteiger partial charge in [0.2, 0.25) is 0 Å². The number of carboxylic acids is 1. The number of amides is 1. The molecule has 2 saturated heterocycles. The zero-order valence-corrected chi connectivity index (χ0v) is 10.8. The highest BCUT2D eigenvalue weighted by Gasteiger charge is 2.51. The molecule has 19 heavy (non-hydrogen) atoms. The minimum Gasteiger partial charge on any atom is -0.480 e. The summed E-state index contributed by atoms with van der Waals surface area (Å²) in [5.41, 5.74) is 0.691. The standard InChI is InChI=1S/C13H12N2O3S/c16-11-9-6-7-10(12(17)18)15(9)13(19)14(11)8-4-2-1-3-5-8/h1-5,9-10H,6-7H2,(H,17,18). The van der Waals surface area contributed by atoms with E-state index in [1.165, 1.54) is 4.90 Å². The number of hydrogen-bond acceptors (Lipinski definition) is 3. The number of para-hydroxylation sites is 1. The van der Waals surface area contributed by atoms with E-state index in [0.29, 0.717) is 23.6 Å². The number of hydrogen-bond donors (Lipinski definition) is 1. The van der Waals surface area contributed by atoms with Gasteiger partial charge in [-0.05, 0) is 37.2 Å². The Kier molecular flexibility index (Phi) is 2.74. The molecular weight excluding hydrogens is 264 g/mol. The van der Waals surface area contributed by atoms with Crippen molar-refractivity contribution in [1.29, 1.82) is 0 Å². The van der Waals surface area contributed by atoms with Crippen LogP contribution in [0.3, 0.4) is 0 Å². The minimum atomic E-state index is -0.924. The van der Waals surface area contributed by atoms with Crippen LogP contribution in [0, 0.1) is 0 Å². The summed E-state index contributed by atoms with van der Waals surface area (Å²) in [6.07, 6.45) is 1.01. The fourth-order valence-corrected chi connectivity index (χ4v) is 3.19. The molecule has 1 N–H and O–H groups in total. The van der Waals surface area contributed by atoms with E-state index in [4.69, 9.17) is 12.2 Å². The van der Waals surface area contributed by atoms with E-state index in [1.807, 2.05) is 18.2 Å². The van der Waals surface area contributed by atoms with Crippen molar-refractivity contribution in [3.8, 4) is 0 Å². The van der Waals surface area contributed by atoms with Gasteiger partial charge in [0.1, 0.15) is 12.1 Å². The van der Waals surface area contributed by atoms with Gasteiger partial charge in [0.15, 0.2) is 5.11 Å². The van der Waals surface area contributed by atoms with Gasteiger partial charge in [0.25, 0.3) is 5.91 Å². The molecule has 0 aromatic heterocycles. The smallest absolute Gasteiger partial charge is 0.326 e. The van der Waals surface area contributed by atoms with E-state index < -0.39 is 18.1 Å². The number of carbonyl (C=O) groups excluding carboxylic acids is 1. The first-order valence-electron chi connectivity index (χ1n) is 6.05. The van der Waals surface area contributed by atoms with Crippen molar-refractivity contribution >= 4 is 34.9 Å². The monoisotopic (exact) mass is 276 g/mol. The molecule has 0 saturated carbocycles. The number of aliphatic carboxylic acids is 1. The highest BCUT2D eigenvalue weighted by Crippen LogP contribution is 2.35. The molecule has 1 amide bonds. The number of carbonyl (C=O) groups is 2. The Balaban J connectivity index is 1.97. The average Bonchev–Trinajstić information content (AvgIpc) is 2.93. The summed E-state index contributed by atoms with van der Waals surface area (Å²) in [7, 11) is 0. The van der Waals surface area contributed by atoms with Crippen LogP contribution in [0.5, 0.6) is 0 Å². The molecule has 6 heteroatoms. The van der Waals surface area contributed by atoms with Crippen molar-refractivity contribution < 1.29 is 14.7 Å². The molecule has 2 unspecified atom stereocenters. The Bertz CT molecular complexity index is 560. The Morgan fingerprint density at radius 3 is 2.58 bits per heavy atom. The lowest BCUT2D eigenvalue weighted by molar-refractivity contribution is -0.141. The van der Waals surface area contributed by atoms with Crippen molar-refractivity contribution in [3.05, 3.63) is 30.3 Å². The minimum absolute atomic E-state index is 0.125. The molecule has 0 aliphatic carbocycles. The summed E-state index contributed by atoms with van der Waals surface area (Å²) in [6, 6.07) is 7.98. The van der Waals surface area contributed by atoms with Crippen LogP contribution in [-0.4, -0.2) is 39.1 Å². The summed E-state index contributed by atoms with van der Waals surface area (Å²) < 4.78 is 0. The summed E-state index contributed by atoms with van der Waals surface area (Å²) in [4.78, 5) is 26.6. The normalized spacial score (nSPS) is 25.9. The molecule has 1 aromatic carbocycles. The van der Waals surface area contributed by atoms with E-state index in [1.54, 1.807) is 17.0 Å². The van der Waals surface area contributed by atoms with Gasteiger partial charge in [0.05, 0.1) is 5.69 Å². The first-order valence-corrected chi connectivity index (χ1v) is 6.46. The molecule has 5 nitrogen and oxygen atoms in total.